The Morgan fingerprint density at radius 1 is 1.30 bits per heavy atom. The van der Waals surface area contributed by atoms with Gasteiger partial charge in [0.05, 0.1) is 0 Å². The Bertz CT molecular complexity index is 95.6. The Labute approximate surface area is 70.6 Å². The van der Waals surface area contributed by atoms with Crippen molar-refractivity contribution >= 4 is 22.4 Å². The molecule has 1 nitrogen and oxygen atoms in total. The van der Waals surface area contributed by atoms with Crippen LogP contribution in [0.4, 0.5) is 0 Å². The van der Waals surface area contributed by atoms with Crippen LogP contribution in [-0.4, -0.2) is 21.6 Å². The summed E-state index contributed by atoms with van der Waals surface area (Å²) in [5, 5.41) is 0. The highest BCUT2D eigenvalue weighted by Crippen LogP contribution is 1.98. The molecular formula is C7H15ClOS. The van der Waals surface area contributed by atoms with Gasteiger partial charge in [-0.1, -0.05) is 13.3 Å². The normalized spacial score (nSPS) is 13.4. The molecule has 0 aliphatic rings. The summed E-state index contributed by atoms with van der Waals surface area (Å²) < 4.78 is 10.9. The molecule has 0 spiro atoms. The van der Waals surface area contributed by atoms with Gasteiger partial charge in [-0.05, 0) is 12.8 Å². The van der Waals surface area contributed by atoms with E-state index in [0.717, 1.165) is 36.6 Å². The van der Waals surface area contributed by atoms with Gasteiger partial charge in [0.25, 0.3) is 0 Å². The summed E-state index contributed by atoms with van der Waals surface area (Å²) in [7, 11) is -0.574. The summed E-state index contributed by atoms with van der Waals surface area (Å²) in [5.74, 6) is 2.38. The molecule has 1 unspecified atom stereocenters. The first-order valence-electron chi connectivity index (χ1n) is 3.72. The monoisotopic (exact) mass is 182 g/mol. The third-order valence-corrected chi connectivity index (χ3v) is 2.98. The molecule has 0 fully saturated rings. The van der Waals surface area contributed by atoms with Gasteiger partial charge in [0.15, 0.2) is 0 Å². The lowest BCUT2D eigenvalue weighted by atomic mass is 10.3. The van der Waals surface area contributed by atoms with Gasteiger partial charge >= 0.3 is 0 Å². The Morgan fingerprint density at radius 2 is 2.00 bits per heavy atom. The SMILES string of the molecule is CCS(=O)CCCCCCl. The smallest absolute Gasteiger partial charge is 0.0234 e. The maximum atomic E-state index is 10.9. The van der Waals surface area contributed by atoms with Gasteiger partial charge in [-0.2, -0.15) is 0 Å². The molecule has 0 saturated heterocycles. The van der Waals surface area contributed by atoms with Gasteiger partial charge in [-0.25, -0.2) is 0 Å². The molecule has 0 rings (SSSR count). The molecule has 0 aromatic heterocycles. The van der Waals surface area contributed by atoms with Crippen molar-refractivity contribution in [1.29, 1.82) is 0 Å². The van der Waals surface area contributed by atoms with Crippen molar-refractivity contribution in [3.63, 3.8) is 0 Å². The minimum absolute atomic E-state index is 0.574. The van der Waals surface area contributed by atoms with Crippen LogP contribution in [0, 0.1) is 0 Å². The molecule has 0 aromatic carbocycles. The van der Waals surface area contributed by atoms with Gasteiger partial charge in [0, 0.05) is 28.2 Å². The lowest BCUT2D eigenvalue weighted by Crippen LogP contribution is -1.99. The van der Waals surface area contributed by atoms with Crippen molar-refractivity contribution in [2.24, 2.45) is 0 Å². The van der Waals surface area contributed by atoms with Gasteiger partial charge in [0.2, 0.25) is 0 Å². The number of unbranched alkanes of at least 4 members (excludes halogenated alkanes) is 2. The van der Waals surface area contributed by atoms with Crippen LogP contribution in [-0.2, 0) is 10.8 Å². The number of rotatable bonds is 6. The predicted octanol–water partition coefficient (Wildman–Crippen LogP) is 2.16. The predicted molar refractivity (Wildman–Crippen MR) is 48.1 cm³/mol. The minimum Gasteiger partial charge on any atom is -0.260 e. The Kier molecular flexibility index (Phi) is 7.88. The van der Waals surface area contributed by atoms with E-state index in [2.05, 4.69) is 0 Å². The molecule has 3 heteroatoms. The van der Waals surface area contributed by atoms with Gasteiger partial charge in [-0.3, -0.25) is 4.21 Å². The van der Waals surface area contributed by atoms with E-state index in [1.54, 1.807) is 0 Å². The van der Waals surface area contributed by atoms with Crippen molar-refractivity contribution in [2.45, 2.75) is 26.2 Å². The molecule has 0 aromatic rings. The largest absolute Gasteiger partial charge is 0.260 e. The maximum Gasteiger partial charge on any atom is 0.0234 e. The van der Waals surface area contributed by atoms with E-state index in [-0.39, 0.29) is 0 Å². The van der Waals surface area contributed by atoms with E-state index in [0.29, 0.717) is 0 Å². The van der Waals surface area contributed by atoms with Crippen molar-refractivity contribution in [3.05, 3.63) is 0 Å². The number of alkyl halides is 1. The summed E-state index contributed by atoms with van der Waals surface area (Å²) in [4.78, 5) is 0. The quantitative estimate of drug-likeness (QED) is 0.455. The van der Waals surface area contributed by atoms with Gasteiger partial charge in [0.1, 0.15) is 0 Å². The molecule has 1 atom stereocenters. The van der Waals surface area contributed by atoms with Gasteiger partial charge < -0.3 is 0 Å². The molecule has 0 radical (unpaired) electrons. The molecule has 0 bridgehead atoms. The van der Waals surface area contributed by atoms with Crippen LogP contribution in [0.1, 0.15) is 26.2 Å². The molecule has 0 aliphatic heterocycles. The first-order chi connectivity index (χ1) is 4.81. The van der Waals surface area contributed by atoms with Crippen LogP contribution in [0.15, 0.2) is 0 Å². The van der Waals surface area contributed by atoms with Gasteiger partial charge in [-0.15, -0.1) is 11.6 Å². The van der Waals surface area contributed by atoms with Crippen LogP contribution >= 0.6 is 11.6 Å². The Morgan fingerprint density at radius 3 is 2.50 bits per heavy atom. The molecule has 0 N–H and O–H groups in total. The van der Waals surface area contributed by atoms with E-state index in [4.69, 9.17) is 11.6 Å². The van der Waals surface area contributed by atoms with Crippen LogP contribution in [0.3, 0.4) is 0 Å². The number of halogens is 1. The lowest BCUT2D eigenvalue weighted by Gasteiger charge is -1.96. The summed E-state index contributed by atoms with van der Waals surface area (Å²) in [6, 6.07) is 0. The highest BCUT2D eigenvalue weighted by molar-refractivity contribution is 7.84. The second kappa shape index (κ2) is 7.55. The number of hydrogen-bond donors (Lipinski definition) is 0. The lowest BCUT2D eigenvalue weighted by molar-refractivity contribution is 0.677. The highest BCUT2D eigenvalue weighted by atomic mass is 35.5. The summed E-state index contributed by atoms with van der Waals surface area (Å²) in [5.41, 5.74) is 0. The second-order valence-corrected chi connectivity index (χ2v) is 4.43. The minimum atomic E-state index is -0.574. The highest BCUT2D eigenvalue weighted by Gasteiger charge is 1.94. The van der Waals surface area contributed by atoms with Crippen molar-refractivity contribution in [1.82, 2.24) is 0 Å². The van der Waals surface area contributed by atoms with E-state index in [1.807, 2.05) is 6.92 Å². The van der Waals surface area contributed by atoms with Crippen LogP contribution in [0.2, 0.25) is 0 Å². The zero-order chi connectivity index (χ0) is 7.82. The van der Waals surface area contributed by atoms with E-state index in [9.17, 15) is 4.21 Å². The number of hydrogen-bond acceptors (Lipinski definition) is 1. The summed E-state index contributed by atoms with van der Waals surface area (Å²) >= 11 is 5.47. The third kappa shape index (κ3) is 6.56. The van der Waals surface area contributed by atoms with Crippen LogP contribution < -0.4 is 0 Å². The molecule has 10 heavy (non-hydrogen) atoms. The second-order valence-electron chi connectivity index (χ2n) is 2.18. The zero-order valence-electron chi connectivity index (χ0n) is 6.44. The standard InChI is InChI=1S/C7H15ClOS/c1-2-10(9)7-5-3-4-6-8/h2-7H2,1H3. The maximum absolute atomic E-state index is 10.9. The average Bonchev–Trinajstić information content (AvgIpc) is 1.98. The molecule has 0 saturated carbocycles. The zero-order valence-corrected chi connectivity index (χ0v) is 8.01. The Hall–Kier alpha value is 0.440. The van der Waals surface area contributed by atoms with E-state index in [1.165, 1.54) is 0 Å². The first kappa shape index (κ1) is 10.4. The van der Waals surface area contributed by atoms with Crippen molar-refractivity contribution < 1.29 is 4.21 Å². The summed E-state index contributed by atoms with van der Waals surface area (Å²) in [6.07, 6.45) is 3.24. The van der Waals surface area contributed by atoms with Crippen molar-refractivity contribution in [2.75, 3.05) is 17.4 Å². The summed E-state index contributed by atoms with van der Waals surface area (Å²) in [6.45, 7) is 1.96. The average molecular weight is 183 g/mol. The van der Waals surface area contributed by atoms with Crippen LogP contribution in [0.25, 0.3) is 0 Å². The molecule has 0 amide bonds. The fourth-order valence-electron chi connectivity index (χ4n) is 0.679. The fraction of sp³-hybridized carbons (Fsp3) is 1.00. The Balaban J connectivity index is 2.96. The van der Waals surface area contributed by atoms with E-state index < -0.39 is 10.8 Å². The molecule has 62 valence electrons. The topological polar surface area (TPSA) is 17.1 Å². The molecule has 0 heterocycles. The third-order valence-electron chi connectivity index (χ3n) is 1.33. The molecular weight excluding hydrogens is 168 g/mol. The van der Waals surface area contributed by atoms with Crippen LogP contribution in [0.5, 0.6) is 0 Å². The van der Waals surface area contributed by atoms with Crippen molar-refractivity contribution in [3.8, 4) is 0 Å². The molecule has 0 aliphatic carbocycles. The fourth-order valence-corrected chi connectivity index (χ4v) is 1.68. The first-order valence-corrected chi connectivity index (χ1v) is 5.74. The van der Waals surface area contributed by atoms with E-state index >= 15 is 0 Å².